The van der Waals surface area contributed by atoms with Crippen LogP contribution in [0.4, 0.5) is 11.4 Å². The highest BCUT2D eigenvalue weighted by atomic mass is 16.5. The first-order valence-corrected chi connectivity index (χ1v) is 7.74. The molecule has 118 valence electrons. The van der Waals surface area contributed by atoms with Gasteiger partial charge in [0.05, 0.1) is 18.9 Å². The molecule has 0 aromatic carbocycles. The van der Waals surface area contributed by atoms with Crippen molar-refractivity contribution in [1.82, 2.24) is 4.98 Å². The van der Waals surface area contributed by atoms with E-state index in [4.69, 9.17) is 9.47 Å². The van der Waals surface area contributed by atoms with Crippen molar-refractivity contribution < 1.29 is 9.47 Å². The second kappa shape index (κ2) is 7.50. The average molecular weight is 293 g/mol. The molecule has 2 unspecified atom stereocenters. The van der Waals surface area contributed by atoms with Gasteiger partial charge in [-0.25, -0.2) is 4.98 Å². The van der Waals surface area contributed by atoms with Crippen LogP contribution in [0.3, 0.4) is 0 Å². The van der Waals surface area contributed by atoms with E-state index in [1.165, 1.54) is 0 Å². The summed E-state index contributed by atoms with van der Waals surface area (Å²) in [5, 5.41) is 3.63. The molecule has 0 spiro atoms. The van der Waals surface area contributed by atoms with Crippen molar-refractivity contribution in [1.29, 1.82) is 0 Å². The third kappa shape index (κ3) is 4.00. The lowest BCUT2D eigenvalue weighted by Gasteiger charge is -2.32. The smallest absolute Gasteiger partial charge is 0.239 e. The van der Waals surface area contributed by atoms with E-state index in [0.717, 1.165) is 43.7 Å². The molecule has 1 aromatic rings. The SMILES string of the molecule is CCCC1CC(Nc2c(N(C)C)ccnc2OC)CCO1. The Morgan fingerprint density at radius 3 is 2.95 bits per heavy atom. The topological polar surface area (TPSA) is 46.6 Å². The van der Waals surface area contributed by atoms with Crippen LogP contribution in [0.25, 0.3) is 0 Å². The molecule has 0 bridgehead atoms. The first-order chi connectivity index (χ1) is 10.2. The third-order valence-corrected chi connectivity index (χ3v) is 3.90. The molecule has 1 aromatic heterocycles. The van der Waals surface area contributed by atoms with Crippen LogP contribution >= 0.6 is 0 Å². The lowest BCUT2D eigenvalue weighted by atomic mass is 10.00. The van der Waals surface area contributed by atoms with Crippen LogP contribution in [0.5, 0.6) is 5.88 Å². The summed E-state index contributed by atoms with van der Waals surface area (Å²) in [4.78, 5) is 6.40. The predicted octanol–water partition coefficient (Wildman–Crippen LogP) is 2.92. The van der Waals surface area contributed by atoms with E-state index in [9.17, 15) is 0 Å². The molecular weight excluding hydrogens is 266 g/mol. The van der Waals surface area contributed by atoms with Gasteiger partial charge in [-0.3, -0.25) is 0 Å². The molecule has 0 radical (unpaired) electrons. The molecule has 0 amide bonds. The molecule has 1 saturated heterocycles. The number of hydrogen-bond acceptors (Lipinski definition) is 5. The highest BCUT2D eigenvalue weighted by molar-refractivity contribution is 5.74. The van der Waals surface area contributed by atoms with Crippen LogP contribution in [-0.4, -0.2) is 44.9 Å². The average Bonchev–Trinajstić information content (AvgIpc) is 2.48. The van der Waals surface area contributed by atoms with E-state index in [-0.39, 0.29) is 0 Å². The summed E-state index contributed by atoms with van der Waals surface area (Å²) < 4.78 is 11.2. The molecule has 1 aliphatic rings. The van der Waals surface area contributed by atoms with E-state index in [1.807, 2.05) is 20.2 Å². The molecule has 1 N–H and O–H groups in total. The summed E-state index contributed by atoms with van der Waals surface area (Å²) >= 11 is 0. The van der Waals surface area contributed by atoms with E-state index >= 15 is 0 Å². The highest BCUT2D eigenvalue weighted by Crippen LogP contribution is 2.34. The van der Waals surface area contributed by atoms with Crippen molar-refractivity contribution in [3.8, 4) is 5.88 Å². The second-order valence-electron chi connectivity index (χ2n) is 5.76. The van der Waals surface area contributed by atoms with Gasteiger partial charge in [-0.05, 0) is 25.3 Å². The number of methoxy groups -OCH3 is 1. The van der Waals surface area contributed by atoms with E-state index < -0.39 is 0 Å². The molecule has 1 fully saturated rings. The second-order valence-corrected chi connectivity index (χ2v) is 5.76. The van der Waals surface area contributed by atoms with Crippen molar-refractivity contribution >= 4 is 11.4 Å². The van der Waals surface area contributed by atoms with Crippen molar-refractivity contribution in [3.05, 3.63) is 12.3 Å². The number of ether oxygens (including phenoxy) is 2. The molecule has 2 atom stereocenters. The lowest BCUT2D eigenvalue weighted by Crippen LogP contribution is -2.34. The zero-order valence-electron chi connectivity index (χ0n) is 13.6. The van der Waals surface area contributed by atoms with Crippen molar-refractivity contribution in [2.45, 2.75) is 44.8 Å². The van der Waals surface area contributed by atoms with Gasteiger partial charge >= 0.3 is 0 Å². The van der Waals surface area contributed by atoms with Crippen LogP contribution in [0.1, 0.15) is 32.6 Å². The molecule has 5 heteroatoms. The Balaban J connectivity index is 2.14. The van der Waals surface area contributed by atoms with E-state index in [2.05, 4.69) is 22.1 Å². The lowest BCUT2D eigenvalue weighted by molar-refractivity contribution is 0.00595. The summed E-state index contributed by atoms with van der Waals surface area (Å²) in [6, 6.07) is 2.42. The normalized spacial score (nSPS) is 21.9. The Morgan fingerprint density at radius 2 is 2.29 bits per heavy atom. The number of pyridine rings is 1. The minimum atomic E-state index is 0.367. The molecule has 1 aliphatic heterocycles. The highest BCUT2D eigenvalue weighted by Gasteiger charge is 2.24. The fourth-order valence-electron chi connectivity index (χ4n) is 2.83. The van der Waals surface area contributed by atoms with Crippen LogP contribution < -0.4 is 15.0 Å². The zero-order chi connectivity index (χ0) is 15.2. The molecule has 0 aliphatic carbocycles. The van der Waals surface area contributed by atoms with Crippen LogP contribution in [0.15, 0.2) is 12.3 Å². The Labute approximate surface area is 127 Å². The molecule has 2 heterocycles. The number of rotatable bonds is 6. The summed E-state index contributed by atoms with van der Waals surface area (Å²) in [7, 11) is 5.73. The van der Waals surface area contributed by atoms with Gasteiger partial charge in [0.1, 0.15) is 5.69 Å². The van der Waals surface area contributed by atoms with E-state index in [0.29, 0.717) is 18.0 Å². The maximum atomic E-state index is 5.82. The van der Waals surface area contributed by atoms with Gasteiger partial charge in [0.25, 0.3) is 0 Å². The quantitative estimate of drug-likeness (QED) is 0.874. The number of nitrogens with zero attached hydrogens (tertiary/aromatic N) is 2. The van der Waals surface area contributed by atoms with Crippen LogP contribution in [0, 0.1) is 0 Å². The Bertz CT molecular complexity index is 449. The first-order valence-electron chi connectivity index (χ1n) is 7.74. The van der Waals surface area contributed by atoms with Gasteiger partial charge in [0.15, 0.2) is 0 Å². The fraction of sp³-hybridized carbons (Fsp3) is 0.688. The monoisotopic (exact) mass is 293 g/mol. The van der Waals surface area contributed by atoms with Gasteiger partial charge in [-0.15, -0.1) is 0 Å². The zero-order valence-corrected chi connectivity index (χ0v) is 13.6. The van der Waals surface area contributed by atoms with Gasteiger partial charge in [-0.1, -0.05) is 13.3 Å². The van der Waals surface area contributed by atoms with Gasteiger partial charge in [-0.2, -0.15) is 0 Å². The van der Waals surface area contributed by atoms with Crippen molar-refractivity contribution in [2.24, 2.45) is 0 Å². The fourth-order valence-corrected chi connectivity index (χ4v) is 2.83. The number of anilines is 2. The first kappa shape index (κ1) is 15.9. The van der Waals surface area contributed by atoms with Gasteiger partial charge in [0, 0.05) is 32.9 Å². The molecule has 0 saturated carbocycles. The predicted molar refractivity (Wildman–Crippen MR) is 86.4 cm³/mol. The van der Waals surface area contributed by atoms with E-state index in [1.54, 1.807) is 13.3 Å². The number of nitrogens with one attached hydrogen (secondary N) is 1. The Morgan fingerprint density at radius 1 is 1.48 bits per heavy atom. The number of aromatic nitrogens is 1. The minimum Gasteiger partial charge on any atom is -0.479 e. The van der Waals surface area contributed by atoms with Crippen molar-refractivity contribution in [3.63, 3.8) is 0 Å². The Hall–Kier alpha value is -1.49. The number of hydrogen-bond donors (Lipinski definition) is 1. The molecule has 5 nitrogen and oxygen atoms in total. The molecule has 2 rings (SSSR count). The standard InChI is InChI=1S/C16H27N3O2/c1-5-6-13-11-12(8-10-21-13)18-15-14(19(2)3)7-9-17-16(15)20-4/h7,9,12-13,18H,5-6,8,10-11H2,1-4H3. The molecular formula is C16H27N3O2. The largest absolute Gasteiger partial charge is 0.479 e. The summed E-state index contributed by atoms with van der Waals surface area (Å²) in [5.74, 6) is 0.653. The minimum absolute atomic E-state index is 0.367. The summed E-state index contributed by atoms with van der Waals surface area (Å²) in [6.07, 6.45) is 6.50. The van der Waals surface area contributed by atoms with Crippen LogP contribution in [0.2, 0.25) is 0 Å². The van der Waals surface area contributed by atoms with Crippen molar-refractivity contribution in [2.75, 3.05) is 38.0 Å². The maximum Gasteiger partial charge on any atom is 0.239 e. The third-order valence-electron chi connectivity index (χ3n) is 3.90. The van der Waals surface area contributed by atoms with Gasteiger partial charge in [0.2, 0.25) is 5.88 Å². The maximum absolute atomic E-state index is 5.82. The summed E-state index contributed by atoms with van der Waals surface area (Å²) in [5.41, 5.74) is 2.08. The van der Waals surface area contributed by atoms with Crippen LogP contribution in [-0.2, 0) is 4.74 Å². The Kier molecular flexibility index (Phi) is 5.67. The van der Waals surface area contributed by atoms with Gasteiger partial charge < -0.3 is 19.7 Å². The molecule has 21 heavy (non-hydrogen) atoms. The summed E-state index contributed by atoms with van der Waals surface area (Å²) in [6.45, 7) is 3.02.